The number of fused-ring (bicyclic) bond motifs is 1. The molecule has 1 unspecified atom stereocenters. The summed E-state index contributed by atoms with van der Waals surface area (Å²) in [6.07, 6.45) is 1.16. The predicted octanol–water partition coefficient (Wildman–Crippen LogP) is 1.12. The van der Waals surface area contributed by atoms with Crippen molar-refractivity contribution in [2.24, 2.45) is 5.84 Å². The molecule has 19 heavy (non-hydrogen) atoms. The van der Waals surface area contributed by atoms with Gasteiger partial charge in [-0.2, -0.15) is 4.98 Å². The second kappa shape index (κ2) is 4.92. The van der Waals surface area contributed by atoms with Crippen molar-refractivity contribution in [3.63, 3.8) is 0 Å². The molecule has 1 aliphatic heterocycles. The molecule has 0 radical (unpaired) electrons. The van der Waals surface area contributed by atoms with E-state index in [-0.39, 0.29) is 0 Å². The molecule has 7 heteroatoms. The second-order valence-corrected chi connectivity index (χ2v) is 5.90. The van der Waals surface area contributed by atoms with Crippen LogP contribution in [0.5, 0.6) is 0 Å². The molecule has 0 bridgehead atoms. The van der Waals surface area contributed by atoms with E-state index in [4.69, 9.17) is 5.84 Å². The van der Waals surface area contributed by atoms with Crippen molar-refractivity contribution in [2.75, 3.05) is 37.5 Å². The van der Waals surface area contributed by atoms with Crippen molar-refractivity contribution >= 4 is 33.3 Å². The molecule has 102 valence electrons. The summed E-state index contributed by atoms with van der Waals surface area (Å²) in [6, 6.07) is 2.66. The maximum Gasteiger partial charge on any atom is 0.240 e. The summed E-state index contributed by atoms with van der Waals surface area (Å²) in [6.45, 7) is 2.02. The summed E-state index contributed by atoms with van der Waals surface area (Å²) in [4.78, 5) is 14.5. The lowest BCUT2D eigenvalue weighted by molar-refractivity contribution is 0.315. The van der Waals surface area contributed by atoms with Crippen molar-refractivity contribution in [1.82, 2.24) is 14.9 Å². The van der Waals surface area contributed by atoms with Crippen molar-refractivity contribution < 1.29 is 0 Å². The Morgan fingerprint density at radius 2 is 2.32 bits per heavy atom. The Bertz CT molecular complexity index is 581. The number of nitrogens with zero attached hydrogens (tertiary/aromatic N) is 4. The first-order valence-corrected chi connectivity index (χ1v) is 7.20. The molecule has 0 aliphatic carbocycles. The molecule has 0 spiro atoms. The molecule has 0 amide bonds. The SMILES string of the molecule is CN(C)C1CCN(c2nc(NN)nc3sccc23)C1. The summed E-state index contributed by atoms with van der Waals surface area (Å²) >= 11 is 1.61. The Morgan fingerprint density at radius 1 is 1.47 bits per heavy atom. The Hall–Kier alpha value is -1.44. The molecule has 3 heterocycles. The number of aromatic nitrogens is 2. The summed E-state index contributed by atoms with van der Waals surface area (Å²) in [5.41, 5.74) is 2.55. The van der Waals surface area contributed by atoms with Gasteiger partial charge in [0.25, 0.3) is 0 Å². The highest BCUT2D eigenvalue weighted by Crippen LogP contribution is 2.31. The largest absolute Gasteiger partial charge is 0.354 e. The van der Waals surface area contributed by atoms with E-state index in [9.17, 15) is 0 Å². The van der Waals surface area contributed by atoms with E-state index < -0.39 is 0 Å². The van der Waals surface area contributed by atoms with Gasteiger partial charge in [0.1, 0.15) is 10.6 Å². The Morgan fingerprint density at radius 3 is 3.00 bits per heavy atom. The fourth-order valence-electron chi connectivity index (χ4n) is 2.50. The fourth-order valence-corrected chi connectivity index (χ4v) is 3.26. The molecule has 0 aromatic carbocycles. The van der Waals surface area contributed by atoms with Crippen LogP contribution in [-0.2, 0) is 0 Å². The van der Waals surface area contributed by atoms with Gasteiger partial charge < -0.3 is 9.80 Å². The van der Waals surface area contributed by atoms with Crippen LogP contribution in [0.4, 0.5) is 11.8 Å². The number of nitrogens with one attached hydrogen (secondary N) is 1. The zero-order valence-corrected chi connectivity index (χ0v) is 11.9. The molecule has 1 aliphatic rings. The third-order valence-corrected chi connectivity index (χ3v) is 4.43. The molecule has 6 nitrogen and oxygen atoms in total. The number of hydrogen-bond acceptors (Lipinski definition) is 7. The van der Waals surface area contributed by atoms with Gasteiger partial charge in [-0.1, -0.05) is 0 Å². The lowest BCUT2D eigenvalue weighted by Crippen LogP contribution is -2.31. The molecule has 0 saturated carbocycles. The Kier molecular flexibility index (Phi) is 3.26. The van der Waals surface area contributed by atoms with Gasteiger partial charge in [0.05, 0.1) is 5.39 Å². The summed E-state index contributed by atoms with van der Waals surface area (Å²) in [5.74, 6) is 6.93. The maximum atomic E-state index is 5.46. The molecular formula is C12H18N6S. The monoisotopic (exact) mass is 278 g/mol. The van der Waals surface area contributed by atoms with Crippen LogP contribution in [-0.4, -0.2) is 48.1 Å². The average molecular weight is 278 g/mol. The zero-order valence-electron chi connectivity index (χ0n) is 11.1. The number of rotatable bonds is 3. The molecule has 2 aromatic rings. The summed E-state index contributed by atoms with van der Waals surface area (Å²) < 4.78 is 0. The van der Waals surface area contributed by atoms with Crippen LogP contribution in [0.1, 0.15) is 6.42 Å². The number of nitrogen functional groups attached to an aromatic ring is 1. The highest BCUT2D eigenvalue weighted by molar-refractivity contribution is 7.16. The van der Waals surface area contributed by atoms with Crippen LogP contribution in [0.25, 0.3) is 10.2 Å². The third-order valence-electron chi connectivity index (χ3n) is 3.63. The number of thiophene rings is 1. The molecule has 1 atom stereocenters. The van der Waals surface area contributed by atoms with Crippen LogP contribution in [0.15, 0.2) is 11.4 Å². The van der Waals surface area contributed by atoms with E-state index in [1.807, 2.05) is 5.38 Å². The maximum absolute atomic E-state index is 5.46. The molecule has 1 saturated heterocycles. The van der Waals surface area contributed by atoms with Gasteiger partial charge in [-0.05, 0) is 32.0 Å². The number of likely N-dealkylation sites (N-methyl/N-ethyl adjacent to an activating group) is 1. The lowest BCUT2D eigenvalue weighted by atomic mass is 10.2. The number of nitrogens with two attached hydrogens (primary N) is 1. The van der Waals surface area contributed by atoms with E-state index in [1.54, 1.807) is 11.3 Å². The van der Waals surface area contributed by atoms with Gasteiger partial charge in [0.15, 0.2) is 0 Å². The summed E-state index contributed by atoms with van der Waals surface area (Å²) in [5, 5.41) is 3.16. The van der Waals surface area contributed by atoms with Crippen LogP contribution in [0.3, 0.4) is 0 Å². The molecular weight excluding hydrogens is 260 g/mol. The Labute approximate surface area is 116 Å². The van der Waals surface area contributed by atoms with Gasteiger partial charge in [-0.25, -0.2) is 10.8 Å². The van der Waals surface area contributed by atoms with Gasteiger partial charge in [0, 0.05) is 19.1 Å². The van der Waals surface area contributed by atoms with Gasteiger partial charge in [-0.3, -0.25) is 5.43 Å². The normalized spacial score (nSPS) is 19.6. The predicted molar refractivity (Wildman–Crippen MR) is 79.5 cm³/mol. The average Bonchev–Trinajstić information content (AvgIpc) is 3.06. The first-order chi connectivity index (χ1) is 9.19. The van der Waals surface area contributed by atoms with Crippen LogP contribution >= 0.6 is 11.3 Å². The number of anilines is 2. The van der Waals surface area contributed by atoms with Crippen molar-refractivity contribution in [3.05, 3.63) is 11.4 Å². The smallest absolute Gasteiger partial charge is 0.240 e. The molecule has 3 rings (SSSR count). The minimum atomic E-state index is 0.484. The van der Waals surface area contributed by atoms with Crippen LogP contribution in [0, 0.1) is 0 Å². The quantitative estimate of drug-likeness (QED) is 0.647. The Balaban J connectivity index is 1.98. The van der Waals surface area contributed by atoms with E-state index in [2.05, 4.69) is 45.4 Å². The highest BCUT2D eigenvalue weighted by atomic mass is 32.1. The standard InChI is InChI=1S/C12H18N6S/c1-17(2)8-3-5-18(7-8)10-9-4-6-19-11(9)15-12(14-10)16-13/h4,6,8H,3,5,7,13H2,1-2H3,(H,14,15,16). The van der Waals surface area contributed by atoms with Gasteiger partial charge in [0.2, 0.25) is 5.95 Å². The van der Waals surface area contributed by atoms with E-state index in [1.165, 1.54) is 0 Å². The first-order valence-electron chi connectivity index (χ1n) is 6.32. The van der Waals surface area contributed by atoms with E-state index >= 15 is 0 Å². The van der Waals surface area contributed by atoms with E-state index in [0.29, 0.717) is 12.0 Å². The minimum absolute atomic E-state index is 0.484. The second-order valence-electron chi connectivity index (χ2n) is 5.01. The number of hydrogen-bond donors (Lipinski definition) is 2. The first kappa shape index (κ1) is 12.6. The van der Waals surface area contributed by atoms with Gasteiger partial charge in [-0.15, -0.1) is 11.3 Å². The van der Waals surface area contributed by atoms with Crippen LogP contribution in [0.2, 0.25) is 0 Å². The fraction of sp³-hybridized carbons (Fsp3) is 0.500. The number of hydrazine groups is 1. The van der Waals surface area contributed by atoms with Crippen molar-refractivity contribution in [2.45, 2.75) is 12.5 Å². The summed E-state index contributed by atoms with van der Waals surface area (Å²) in [7, 11) is 4.25. The highest BCUT2D eigenvalue weighted by Gasteiger charge is 2.26. The molecule has 2 aromatic heterocycles. The molecule has 1 fully saturated rings. The van der Waals surface area contributed by atoms with Crippen molar-refractivity contribution in [3.8, 4) is 0 Å². The van der Waals surface area contributed by atoms with Crippen molar-refractivity contribution in [1.29, 1.82) is 0 Å². The zero-order chi connectivity index (χ0) is 13.4. The van der Waals surface area contributed by atoms with E-state index in [0.717, 1.165) is 35.5 Å². The van der Waals surface area contributed by atoms with Crippen LogP contribution < -0.4 is 16.2 Å². The van der Waals surface area contributed by atoms with Gasteiger partial charge >= 0.3 is 0 Å². The topological polar surface area (TPSA) is 70.3 Å². The minimum Gasteiger partial charge on any atom is -0.354 e. The third kappa shape index (κ3) is 2.24. The lowest BCUT2D eigenvalue weighted by Gasteiger charge is -2.21. The molecule has 3 N–H and O–H groups in total.